The van der Waals surface area contributed by atoms with Gasteiger partial charge in [-0.1, -0.05) is 0 Å². The molecular weight excluding hydrogens is 190 g/mol. The largest absolute Gasteiger partial charge is 0.462 e. The minimum Gasteiger partial charge on any atom is -0.462 e. The Morgan fingerprint density at radius 3 is 3.00 bits per heavy atom. The Kier molecular flexibility index (Phi) is 1.66. The van der Waals surface area contributed by atoms with Crippen molar-refractivity contribution in [2.75, 3.05) is 0 Å². The molecule has 2 aromatic rings. The van der Waals surface area contributed by atoms with Crippen molar-refractivity contribution in [2.24, 2.45) is 0 Å². The zero-order valence-electron chi connectivity index (χ0n) is 6.37. The molecule has 1 radical (unpaired) electrons. The highest BCUT2D eigenvalue weighted by atomic mass is 32.1. The molecule has 0 bridgehead atoms. The molecule has 13 heavy (non-hydrogen) atoms. The van der Waals surface area contributed by atoms with E-state index in [2.05, 4.69) is 0 Å². The van der Waals surface area contributed by atoms with Crippen molar-refractivity contribution in [3.63, 3.8) is 0 Å². The molecule has 1 N–H and O–H groups in total. The molecule has 65 valence electrons. The summed E-state index contributed by atoms with van der Waals surface area (Å²) in [6.45, 7) is 0. The average Bonchev–Trinajstić information content (AvgIpc) is 2.48. The monoisotopic (exact) mass is 194 g/mol. The van der Waals surface area contributed by atoms with E-state index in [9.17, 15) is 9.59 Å². The molecule has 4 nitrogen and oxygen atoms in total. The molecule has 0 aliphatic carbocycles. The first kappa shape index (κ1) is 8.00. The van der Waals surface area contributed by atoms with Crippen molar-refractivity contribution in [3.05, 3.63) is 33.5 Å². The SMILES string of the molecule is [NH]C(=O)c1csc2c(=O)ccoc12. The van der Waals surface area contributed by atoms with Crippen molar-refractivity contribution in [1.29, 1.82) is 0 Å². The summed E-state index contributed by atoms with van der Waals surface area (Å²) in [6.07, 6.45) is 1.23. The first-order valence-corrected chi connectivity index (χ1v) is 4.33. The summed E-state index contributed by atoms with van der Waals surface area (Å²) in [5.41, 5.74) is 7.08. The molecule has 0 atom stereocenters. The Morgan fingerprint density at radius 1 is 1.54 bits per heavy atom. The van der Waals surface area contributed by atoms with Crippen LogP contribution in [0.3, 0.4) is 0 Å². The van der Waals surface area contributed by atoms with E-state index in [0.29, 0.717) is 4.70 Å². The molecular formula is C8H4NO3S. The first-order valence-electron chi connectivity index (χ1n) is 3.45. The van der Waals surface area contributed by atoms with E-state index in [-0.39, 0.29) is 16.6 Å². The van der Waals surface area contributed by atoms with Gasteiger partial charge in [0.2, 0.25) is 5.43 Å². The quantitative estimate of drug-likeness (QED) is 0.686. The van der Waals surface area contributed by atoms with Gasteiger partial charge in [0.25, 0.3) is 5.91 Å². The molecule has 5 heteroatoms. The number of hydrogen-bond donors (Lipinski definition) is 0. The molecule has 2 rings (SSSR count). The fourth-order valence-corrected chi connectivity index (χ4v) is 1.93. The van der Waals surface area contributed by atoms with Crippen LogP contribution >= 0.6 is 11.3 Å². The molecule has 0 saturated heterocycles. The Balaban J connectivity index is 2.91. The fraction of sp³-hybridized carbons (Fsp3) is 0. The Morgan fingerprint density at radius 2 is 2.31 bits per heavy atom. The first-order chi connectivity index (χ1) is 6.20. The van der Waals surface area contributed by atoms with Crippen LogP contribution in [0.5, 0.6) is 0 Å². The smallest absolute Gasteiger partial charge is 0.274 e. The third kappa shape index (κ3) is 1.13. The van der Waals surface area contributed by atoms with Crippen LogP contribution in [0.4, 0.5) is 0 Å². The van der Waals surface area contributed by atoms with Gasteiger partial charge in [-0.2, -0.15) is 0 Å². The van der Waals surface area contributed by atoms with E-state index in [0.717, 1.165) is 11.3 Å². The van der Waals surface area contributed by atoms with Crippen LogP contribution in [0.2, 0.25) is 0 Å². The summed E-state index contributed by atoms with van der Waals surface area (Å²) in [4.78, 5) is 21.9. The molecule has 0 fully saturated rings. The second-order valence-electron chi connectivity index (χ2n) is 2.42. The highest BCUT2D eigenvalue weighted by molar-refractivity contribution is 7.17. The molecule has 1 amide bonds. The molecule has 0 aliphatic heterocycles. The van der Waals surface area contributed by atoms with Gasteiger partial charge in [-0.05, 0) is 0 Å². The zero-order valence-corrected chi connectivity index (χ0v) is 7.18. The number of amides is 1. The van der Waals surface area contributed by atoms with Crippen LogP contribution < -0.4 is 11.2 Å². The van der Waals surface area contributed by atoms with Gasteiger partial charge in [-0.25, -0.2) is 0 Å². The summed E-state index contributed by atoms with van der Waals surface area (Å²) >= 11 is 1.12. The number of rotatable bonds is 1. The predicted octanol–water partition coefficient (Wildman–Crippen LogP) is 1.28. The fourth-order valence-electron chi connectivity index (χ4n) is 1.03. The summed E-state index contributed by atoms with van der Waals surface area (Å²) in [5, 5.41) is 1.46. The number of carbonyl (C=O) groups excluding carboxylic acids is 1. The van der Waals surface area contributed by atoms with Crippen molar-refractivity contribution < 1.29 is 9.21 Å². The Labute approximate surface area is 76.6 Å². The van der Waals surface area contributed by atoms with Crippen LogP contribution in [0.1, 0.15) is 10.4 Å². The lowest BCUT2D eigenvalue weighted by Crippen LogP contribution is -1.99. The number of thiophene rings is 1. The van der Waals surface area contributed by atoms with Crippen LogP contribution in [0.15, 0.2) is 26.9 Å². The second kappa shape index (κ2) is 2.70. The van der Waals surface area contributed by atoms with Gasteiger partial charge in [0, 0.05) is 11.4 Å². The summed E-state index contributed by atoms with van der Waals surface area (Å²) in [5.74, 6) is -0.833. The van der Waals surface area contributed by atoms with Gasteiger partial charge in [-0.15, -0.1) is 11.3 Å². The van der Waals surface area contributed by atoms with E-state index >= 15 is 0 Å². The van der Waals surface area contributed by atoms with Crippen LogP contribution in [-0.4, -0.2) is 5.91 Å². The standard InChI is InChI=1S/C8H4NO3S/c9-8(11)4-3-13-7-5(10)1-2-12-6(4)7/h1-3,9H. The van der Waals surface area contributed by atoms with Gasteiger partial charge >= 0.3 is 0 Å². The zero-order chi connectivity index (χ0) is 9.42. The van der Waals surface area contributed by atoms with Crippen LogP contribution in [0, 0.1) is 0 Å². The predicted molar refractivity (Wildman–Crippen MR) is 47.8 cm³/mol. The Hall–Kier alpha value is -1.62. The highest BCUT2D eigenvalue weighted by Gasteiger charge is 2.13. The minimum absolute atomic E-state index is 0.151. The molecule has 0 saturated carbocycles. The average molecular weight is 194 g/mol. The summed E-state index contributed by atoms with van der Waals surface area (Å²) in [7, 11) is 0. The summed E-state index contributed by atoms with van der Waals surface area (Å²) < 4.78 is 5.38. The van der Waals surface area contributed by atoms with Crippen LogP contribution in [-0.2, 0) is 0 Å². The van der Waals surface area contributed by atoms with Crippen molar-refractivity contribution in [1.82, 2.24) is 5.73 Å². The van der Waals surface area contributed by atoms with Crippen LogP contribution in [0.25, 0.3) is 10.3 Å². The number of carbonyl (C=O) groups is 1. The molecule has 0 spiro atoms. The van der Waals surface area contributed by atoms with Gasteiger partial charge < -0.3 is 4.42 Å². The molecule has 2 aromatic heterocycles. The molecule has 2 heterocycles. The van der Waals surface area contributed by atoms with Gasteiger partial charge in [0.15, 0.2) is 5.58 Å². The molecule has 0 unspecified atom stereocenters. The third-order valence-electron chi connectivity index (χ3n) is 1.62. The summed E-state index contributed by atoms with van der Waals surface area (Å²) in [6, 6.07) is 1.29. The lowest BCUT2D eigenvalue weighted by atomic mass is 10.3. The van der Waals surface area contributed by atoms with Crippen molar-refractivity contribution in [2.45, 2.75) is 0 Å². The van der Waals surface area contributed by atoms with E-state index < -0.39 is 5.91 Å². The van der Waals surface area contributed by atoms with Gasteiger partial charge in [0.05, 0.1) is 11.8 Å². The Bertz CT molecular complexity index is 525. The maximum Gasteiger partial charge on any atom is 0.274 e. The lowest BCUT2D eigenvalue weighted by Gasteiger charge is -1.89. The minimum atomic E-state index is -0.833. The van der Waals surface area contributed by atoms with Gasteiger partial charge in [-0.3, -0.25) is 15.3 Å². The number of hydrogen-bond acceptors (Lipinski definition) is 4. The number of nitrogens with one attached hydrogen (secondary N) is 1. The van der Waals surface area contributed by atoms with E-state index in [1.807, 2.05) is 0 Å². The lowest BCUT2D eigenvalue weighted by molar-refractivity contribution is 0.0993. The molecule has 0 aromatic carbocycles. The van der Waals surface area contributed by atoms with Crippen molar-refractivity contribution >= 4 is 27.5 Å². The van der Waals surface area contributed by atoms with E-state index in [1.165, 1.54) is 17.7 Å². The maximum atomic E-state index is 11.2. The maximum absolute atomic E-state index is 11.2. The number of fused-ring (bicyclic) bond motifs is 1. The van der Waals surface area contributed by atoms with E-state index in [1.54, 1.807) is 0 Å². The molecule has 0 aliphatic rings. The topological polar surface area (TPSA) is 71.1 Å². The van der Waals surface area contributed by atoms with Crippen molar-refractivity contribution in [3.8, 4) is 0 Å². The second-order valence-corrected chi connectivity index (χ2v) is 3.30. The van der Waals surface area contributed by atoms with Gasteiger partial charge in [0.1, 0.15) is 4.70 Å². The normalized spacial score (nSPS) is 10.5. The highest BCUT2D eigenvalue weighted by Crippen LogP contribution is 2.22. The third-order valence-corrected chi connectivity index (χ3v) is 2.60. The van der Waals surface area contributed by atoms with E-state index in [4.69, 9.17) is 10.2 Å².